The number of nitrogens with zero attached hydrogens (tertiary/aromatic N) is 2. The Kier molecular flexibility index (Phi) is 5.64. The second-order valence-electron chi connectivity index (χ2n) is 7.39. The molecule has 4 N–H and O–H groups in total. The highest BCUT2D eigenvalue weighted by molar-refractivity contribution is 5.78. The maximum absolute atomic E-state index is 15.7. The van der Waals surface area contributed by atoms with Gasteiger partial charge in [-0.3, -0.25) is 0 Å². The quantitative estimate of drug-likeness (QED) is 0.628. The Bertz CT molecular complexity index is 947. The lowest BCUT2D eigenvalue weighted by molar-refractivity contribution is 0.180. The van der Waals surface area contributed by atoms with Crippen LogP contribution in [0.4, 0.5) is 21.8 Å². The van der Waals surface area contributed by atoms with Crippen LogP contribution in [0.15, 0.2) is 18.2 Å². The Morgan fingerprint density at radius 3 is 3.00 bits per heavy atom. The molecule has 3 heterocycles. The topological polar surface area (TPSA) is 91.3 Å². The van der Waals surface area contributed by atoms with Gasteiger partial charge in [-0.05, 0) is 37.0 Å². The molecule has 1 atom stereocenters. The van der Waals surface area contributed by atoms with E-state index in [4.69, 9.17) is 4.74 Å². The third-order valence-corrected chi connectivity index (χ3v) is 5.14. The predicted molar refractivity (Wildman–Crippen MR) is 111 cm³/mol. The number of aliphatic hydroxyl groups excluding tert-OH is 1. The minimum Gasteiger partial charge on any atom is -0.493 e. The summed E-state index contributed by atoms with van der Waals surface area (Å²) in [6, 6.07) is 3.60. The second kappa shape index (κ2) is 8.34. The SMILES string of the molecule is CNc1cc(C)nc(Nc2cc3c(c(C4=CCNC[C@@H](O)C4)c2F)OCCC3)n1. The van der Waals surface area contributed by atoms with E-state index in [0.717, 1.165) is 29.7 Å². The largest absolute Gasteiger partial charge is 0.493 e. The van der Waals surface area contributed by atoms with E-state index < -0.39 is 11.9 Å². The number of anilines is 3. The zero-order chi connectivity index (χ0) is 20.4. The Hall–Kier alpha value is -2.71. The van der Waals surface area contributed by atoms with Crippen molar-refractivity contribution in [2.24, 2.45) is 0 Å². The van der Waals surface area contributed by atoms with Gasteiger partial charge >= 0.3 is 0 Å². The molecule has 29 heavy (non-hydrogen) atoms. The molecule has 2 aliphatic rings. The molecule has 0 amide bonds. The van der Waals surface area contributed by atoms with Gasteiger partial charge in [-0.25, -0.2) is 9.37 Å². The van der Waals surface area contributed by atoms with Crippen LogP contribution < -0.4 is 20.7 Å². The summed E-state index contributed by atoms with van der Waals surface area (Å²) in [6.45, 7) is 3.48. The van der Waals surface area contributed by atoms with Crippen LogP contribution in [0.3, 0.4) is 0 Å². The number of aryl methyl sites for hydroxylation is 2. The molecular weight excluding hydrogens is 373 g/mol. The number of fused-ring (bicyclic) bond motifs is 1. The fraction of sp³-hybridized carbons (Fsp3) is 0.429. The second-order valence-corrected chi connectivity index (χ2v) is 7.39. The molecule has 8 heteroatoms. The van der Waals surface area contributed by atoms with Gasteiger partial charge in [0.1, 0.15) is 11.6 Å². The van der Waals surface area contributed by atoms with E-state index in [-0.39, 0.29) is 0 Å². The van der Waals surface area contributed by atoms with Crippen LogP contribution in [0.1, 0.15) is 29.7 Å². The molecule has 0 unspecified atom stereocenters. The summed E-state index contributed by atoms with van der Waals surface area (Å²) in [4.78, 5) is 8.75. The van der Waals surface area contributed by atoms with Gasteiger partial charge < -0.3 is 25.8 Å². The van der Waals surface area contributed by atoms with Gasteiger partial charge in [0.15, 0.2) is 5.82 Å². The molecule has 2 aromatic rings. The minimum atomic E-state index is -0.572. The summed E-state index contributed by atoms with van der Waals surface area (Å²) in [5, 5.41) is 19.4. The molecule has 4 rings (SSSR count). The highest BCUT2D eigenvalue weighted by Crippen LogP contribution is 2.41. The summed E-state index contributed by atoms with van der Waals surface area (Å²) in [5.74, 6) is 1.15. The summed E-state index contributed by atoms with van der Waals surface area (Å²) in [7, 11) is 1.78. The van der Waals surface area contributed by atoms with Gasteiger partial charge in [0.25, 0.3) is 0 Å². The maximum atomic E-state index is 15.7. The molecular formula is C21H26FN5O2. The maximum Gasteiger partial charge on any atom is 0.229 e. The Labute approximate surface area is 169 Å². The van der Waals surface area contributed by atoms with Gasteiger partial charge in [-0.1, -0.05) is 6.08 Å². The number of halogens is 1. The number of β-amino-alcohol motifs (C(OH)–C–C–N with tert-alkyl or cyclic N) is 1. The molecule has 2 aliphatic heterocycles. The van der Waals surface area contributed by atoms with Crippen molar-refractivity contribution < 1.29 is 14.2 Å². The summed E-state index contributed by atoms with van der Waals surface area (Å²) >= 11 is 0. The average molecular weight is 399 g/mol. The first-order valence-electron chi connectivity index (χ1n) is 9.92. The first-order chi connectivity index (χ1) is 14.0. The highest BCUT2D eigenvalue weighted by Gasteiger charge is 2.26. The van der Waals surface area contributed by atoms with Crippen LogP contribution in [-0.4, -0.2) is 47.9 Å². The van der Waals surface area contributed by atoms with Crippen LogP contribution in [0.2, 0.25) is 0 Å². The number of hydrogen-bond donors (Lipinski definition) is 4. The summed E-state index contributed by atoms with van der Waals surface area (Å²) < 4.78 is 21.6. The molecule has 0 radical (unpaired) electrons. The zero-order valence-electron chi connectivity index (χ0n) is 16.7. The summed E-state index contributed by atoms with van der Waals surface area (Å²) in [6.07, 6.45) is 3.41. The van der Waals surface area contributed by atoms with Crippen molar-refractivity contribution in [1.82, 2.24) is 15.3 Å². The monoisotopic (exact) mass is 399 g/mol. The van der Waals surface area contributed by atoms with Gasteiger partial charge in [0, 0.05) is 38.3 Å². The van der Waals surface area contributed by atoms with E-state index in [0.29, 0.717) is 54.9 Å². The number of aromatic nitrogens is 2. The lowest BCUT2D eigenvalue weighted by atomic mass is 9.93. The third-order valence-electron chi connectivity index (χ3n) is 5.14. The number of hydrogen-bond acceptors (Lipinski definition) is 7. The van der Waals surface area contributed by atoms with Gasteiger partial charge in [0.05, 0.1) is 24.0 Å². The van der Waals surface area contributed by atoms with Crippen LogP contribution in [0, 0.1) is 12.7 Å². The molecule has 1 aromatic carbocycles. The lowest BCUT2D eigenvalue weighted by Gasteiger charge is -2.24. The third kappa shape index (κ3) is 4.18. The molecule has 0 saturated heterocycles. The van der Waals surface area contributed by atoms with Crippen molar-refractivity contribution >= 4 is 23.0 Å². The van der Waals surface area contributed by atoms with Crippen LogP contribution in [0.25, 0.3) is 5.57 Å². The molecule has 7 nitrogen and oxygen atoms in total. The molecule has 0 saturated carbocycles. The molecule has 0 spiro atoms. The fourth-order valence-corrected chi connectivity index (χ4v) is 3.79. The van der Waals surface area contributed by atoms with Gasteiger partial charge in [-0.15, -0.1) is 0 Å². The van der Waals surface area contributed by atoms with Crippen molar-refractivity contribution in [2.45, 2.75) is 32.3 Å². The lowest BCUT2D eigenvalue weighted by Crippen LogP contribution is -2.24. The van der Waals surface area contributed by atoms with Crippen molar-refractivity contribution in [1.29, 1.82) is 0 Å². The van der Waals surface area contributed by atoms with Crippen LogP contribution in [-0.2, 0) is 6.42 Å². The number of ether oxygens (including phenoxy) is 1. The van der Waals surface area contributed by atoms with Gasteiger partial charge in [0.2, 0.25) is 5.95 Å². The van der Waals surface area contributed by atoms with E-state index in [1.165, 1.54) is 0 Å². The van der Waals surface area contributed by atoms with E-state index in [2.05, 4.69) is 25.9 Å². The summed E-state index contributed by atoms with van der Waals surface area (Å²) in [5.41, 5.74) is 3.21. The van der Waals surface area contributed by atoms with Crippen molar-refractivity contribution in [3.8, 4) is 5.75 Å². The van der Waals surface area contributed by atoms with Crippen molar-refractivity contribution in [3.63, 3.8) is 0 Å². The number of nitrogens with one attached hydrogen (secondary N) is 3. The van der Waals surface area contributed by atoms with Gasteiger partial charge in [-0.2, -0.15) is 4.98 Å². The van der Waals surface area contributed by atoms with Crippen molar-refractivity contribution in [2.75, 3.05) is 37.4 Å². The zero-order valence-corrected chi connectivity index (χ0v) is 16.7. The normalized spacial score (nSPS) is 18.9. The molecule has 0 aliphatic carbocycles. The predicted octanol–water partition coefficient (Wildman–Crippen LogP) is 2.77. The number of benzene rings is 1. The fourth-order valence-electron chi connectivity index (χ4n) is 3.79. The first-order valence-corrected chi connectivity index (χ1v) is 9.92. The van der Waals surface area contributed by atoms with Crippen LogP contribution >= 0.6 is 0 Å². The molecule has 1 aromatic heterocycles. The number of aliphatic hydroxyl groups is 1. The minimum absolute atomic E-state index is 0.310. The first kappa shape index (κ1) is 19.6. The number of rotatable bonds is 4. The molecule has 154 valence electrons. The molecule has 0 fully saturated rings. The van der Waals surface area contributed by atoms with E-state index in [1.807, 2.05) is 19.1 Å². The Balaban J connectivity index is 1.79. The van der Waals surface area contributed by atoms with E-state index >= 15 is 4.39 Å². The van der Waals surface area contributed by atoms with Crippen LogP contribution in [0.5, 0.6) is 5.75 Å². The smallest absolute Gasteiger partial charge is 0.229 e. The van der Waals surface area contributed by atoms with Crippen molar-refractivity contribution in [3.05, 3.63) is 40.8 Å². The van der Waals surface area contributed by atoms with E-state index in [9.17, 15) is 5.11 Å². The Morgan fingerprint density at radius 1 is 1.31 bits per heavy atom. The Morgan fingerprint density at radius 2 is 2.17 bits per heavy atom. The molecule has 0 bridgehead atoms. The van der Waals surface area contributed by atoms with E-state index in [1.54, 1.807) is 13.1 Å². The standard InChI is InChI=1S/C21H26FN5O2/c1-12-8-17(23-2)27-21(25-12)26-16-10-14-4-3-7-29-20(14)18(19(16)22)13-5-6-24-11-15(28)9-13/h5,8,10,15,24,28H,3-4,6-7,9,11H2,1-2H3,(H2,23,25,26,27)/t15-/m0/s1. The average Bonchev–Trinajstić information content (AvgIpc) is 2.92. The highest BCUT2D eigenvalue weighted by atomic mass is 19.1.